The summed E-state index contributed by atoms with van der Waals surface area (Å²) in [5.41, 5.74) is 5.01. The van der Waals surface area contributed by atoms with Crippen LogP contribution in [0, 0.1) is 0 Å². The Bertz CT molecular complexity index is 1260. The van der Waals surface area contributed by atoms with Crippen LogP contribution in [0.25, 0.3) is 0 Å². The molecule has 3 amide bonds. The standard InChI is InChI=1S/C24H23F3IN5O4/c1-30-22(34)20-11-17(6-8-31-20)37-16-4-2-15(3-5-16)32-23(35)33-19-12-18(24(25,26)27)14(13-28)10-21(19)36-9-7-29/h2-6,8,10-12H,7,9,13,29H2,1H3,(H,30,34)(H2,32,33,35). The van der Waals surface area contributed by atoms with E-state index in [1.807, 2.05) is 22.6 Å². The molecule has 0 bridgehead atoms. The van der Waals surface area contributed by atoms with Gasteiger partial charge < -0.3 is 31.2 Å². The highest BCUT2D eigenvalue weighted by molar-refractivity contribution is 14.1. The maximum atomic E-state index is 13.5. The highest BCUT2D eigenvalue weighted by Crippen LogP contribution is 2.39. The zero-order valence-electron chi connectivity index (χ0n) is 19.5. The number of carbonyl (C=O) groups excluding carboxylic acids is 2. The first-order valence-electron chi connectivity index (χ1n) is 10.8. The Balaban J connectivity index is 1.72. The second kappa shape index (κ2) is 12.6. The van der Waals surface area contributed by atoms with E-state index in [4.69, 9.17) is 15.2 Å². The fourth-order valence-electron chi connectivity index (χ4n) is 3.14. The largest absolute Gasteiger partial charge is 0.490 e. The average Bonchev–Trinajstić information content (AvgIpc) is 2.88. The highest BCUT2D eigenvalue weighted by atomic mass is 127. The van der Waals surface area contributed by atoms with Crippen molar-refractivity contribution < 1.29 is 32.2 Å². The first kappa shape index (κ1) is 28.0. The van der Waals surface area contributed by atoms with Crippen LogP contribution < -0.4 is 31.2 Å². The van der Waals surface area contributed by atoms with Crippen molar-refractivity contribution in [3.8, 4) is 17.2 Å². The number of hydrogen-bond donors (Lipinski definition) is 4. The van der Waals surface area contributed by atoms with Crippen LogP contribution in [-0.4, -0.2) is 37.1 Å². The zero-order valence-corrected chi connectivity index (χ0v) is 21.6. The van der Waals surface area contributed by atoms with Crippen LogP contribution in [0.4, 0.5) is 29.3 Å². The molecule has 0 atom stereocenters. The van der Waals surface area contributed by atoms with Gasteiger partial charge >= 0.3 is 12.2 Å². The summed E-state index contributed by atoms with van der Waals surface area (Å²) in [7, 11) is 1.49. The summed E-state index contributed by atoms with van der Waals surface area (Å²) >= 11 is 1.83. The Morgan fingerprint density at radius 2 is 1.78 bits per heavy atom. The van der Waals surface area contributed by atoms with Gasteiger partial charge in [-0.05, 0) is 48.0 Å². The molecule has 0 aliphatic carbocycles. The van der Waals surface area contributed by atoms with Gasteiger partial charge in [-0.2, -0.15) is 13.2 Å². The summed E-state index contributed by atoms with van der Waals surface area (Å²) in [6, 6.07) is 10.6. The van der Waals surface area contributed by atoms with Crippen molar-refractivity contribution in [3.05, 3.63) is 71.5 Å². The number of urea groups is 1. The second-order valence-corrected chi connectivity index (χ2v) is 8.20. The van der Waals surface area contributed by atoms with E-state index in [2.05, 4.69) is 20.9 Å². The number of aromatic nitrogens is 1. The average molecular weight is 629 g/mol. The molecule has 0 saturated heterocycles. The summed E-state index contributed by atoms with van der Waals surface area (Å²) in [6.45, 7) is 0.207. The van der Waals surface area contributed by atoms with Gasteiger partial charge in [-0.3, -0.25) is 9.78 Å². The van der Waals surface area contributed by atoms with Crippen molar-refractivity contribution in [3.63, 3.8) is 0 Å². The number of nitrogens with two attached hydrogens (primary N) is 1. The van der Waals surface area contributed by atoms with E-state index in [9.17, 15) is 22.8 Å². The quantitative estimate of drug-likeness (QED) is 0.191. The SMILES string of the molecule is CNC(=O)c1cc(Oc2ccc(NC(=O)Nc3cc(C(F)(F)F)c(CI)cc3OCCN)cc2)ccn1. The van der Waals surface area contributed by atoms with E-state index in [0.717, 1.165) is 6.07 Å². The van der Waals surface area contributed by atoms with Crippen LogP contribution in [-0.2, 0) is 10.6 Å². The van der Waals surface area contributed by atoms with Crippen LogP contribution in [0.5, 0.6) is 17.2 Å². The van der Waals surface area contributed by atoms with Crippen molar-refractivity contribution >= 4 is 45.9 Å². The molecule has 13 heteroatoms. The molecular formula is C24H23F3IN5O4. The molecule has 5 N–H and O–H groups in total. The number of nitrogens with zero attached hydrogens (tertiary/aromatic N) is 1. The number of amides is 3. The number of nitrogens with one attached hydrogen (secondary N) is 3. The molecule has 0 aliphatic heterocycles. The van der Waals surface area contributed by atoms with E-state index < -0.39 is 17.8 Å². The third-order valence-electron chi connectivity index (χ3n) is 4.82. The van der Waals surface area contributed by atoms with E-state index >= 15 is 0 Å². The first-order chi connectivity index (χ1) is 17.6. The molecule has 0 spiro atoms. The van der Waals surface area contributed by atoms with Crippen molar-refractivity contribution in [1.82, 2.24) is 10.3 Å². The Kier molecular flexibility index (Phi) is 9.52. The van der Waals surface area contributed by atoms with Crippen LogP contribution in [0.3, 0.4) is 0 Å². The Hall–Kier alpha value is -3.59. The summed E-state index contributed by atoms with van der Waals surface area (Å²) in [6.07, 6.45) is -3.17. The van der Waals surface area contributed by atoms with Gasteiger partial charge in [-0.25, -0.2) is 4.79 Å². The van der Waals surface area contributed by atoms with Crippen molar-refractivity contribution in [2.24, 2.45) is 5.73 Å². The Labute approximate surface area is 224 Å². The van der Waals surface area contributed by atoms with Gasteiger partial charge in [0.1, 0.15) is 29.5 Å². The van der Waals surface area contributed by atoms with Crippen LogP contribution in [0.1, 0.15) is 21.6 Å². The van der Waals surface area contributed by atoms with E-state index in [-0.39, 0.29) is 46.2 Å². The lowest BCUT2D eigenvalue weighted by atomic mass is 10.1. The van der Waals surface area contributed by atoms with E-state index in [1.165, 1.54) is 25.4 Å². The molecule has 0 unspecified atom stereocenters. The monoisotopic (exact) mass is 629 g/mol. The van der Waals surface area contributed by atoms with Gasteiger partial charge in [0.15, 0.2) is 0 Å². The smallest absolute Gasteiger partial charge is 0.416 e. The lowest BCUT2D eigenvalue weighted by Crippen LogP contribution is -2.21. The lowest BCUT2D eigenvalue weighted by molar-refractivity contribution is -0.138. The highest BCUT2D eigenvalue weighted by Gasteiger charge is 2.34. The van der Waals surface area contributed by atoms with Crippen LogP contribution in [0.15, 0.2) is 54.7 Å². The first-order valence-corrected chi connectivity index (χ1v) is 12.3. The van der Waals surface area contributed by atoms with Crippen molar-refractivity contribution in [1.29, 1.82) is 0 Å². The molecule has 2 aromatic carbocycles. The molecular weight excluding hydrogens is 606 g/mol. The van der Waals surface area contributed by atoms with Crippen molar-refractivity contribution in [2.75, 3.05) is 30.8 Å². The third kappa shape index (κ3) is 7.69. The number of benzene rings is 2. The number of anilines is 2. The van der Waals surface area contributed by atoms with E-state index in [0.29, 0.717) is 17.2 Å². The predicted octanol–water partition coefficient (Wildman–Crippen LogP) is 5.17. The molecule has 9 nitrogen and oxygen atoms in total. The summed E-state index contributed by atoms with van der Waals surface area (Å²) in [4.78, 5) is 28.3. The minimum atomic E-state index is -4.61. The van der Waals surface area contributed by atoms with Gasteiger partial charge in [-0.15, -0.1) is 0 Å². The molecule has 37 heavy (non-hydrogen) atoms. The minimum absolute atomic E-state index is 0.0262. The number of halogens is 4. The minimum Gasteiger partial charge on any atom is -0.490 e. The van der Waals surface area contributed by atoms with Gasteiger partial charge in [-0.1, -0.05) is 22.6 Å². The second-order valence-electron chi connectivity index (χ2n) is 7.44. The van der Waals surface area contributed by atoms with Crippen LogP contribution in [0.2, 0.25) is 0 Å². The van der Waals surface area contributed by atoms with Crippen molar-refractivity contribution in [2.45, 2.75) is 10.6 Å². The molecule has 0 fully saturated rings. The fourth-order valence-corrected chi connectivity index (χ4v) is 3.77. The third-order valence-corrected chi connectivity index (χ3v) is 5.64. The molecule has 3 rings (SSSR count). The Morgan fingerprint density at radius 3 is 2.41 bits per heavy atom. The number of alkyl halides is 4. The number of rotatable bonds is 9. The topological polar surface area (TPSA) is 128 Å². The Morgan fingerprint density at radius 1 is 1.05 bits per heavy atom. The molecule has 0 saturated carbocycles. The maximum absolute atomic E-state index is 13.5. The summed E-state index contributed by atoms with van der Waals surface area (Å²) in [5.74, 6) is 0.519. The molecule has 196 valence electrons. The number of ether oxygens (including phenoxy) is 2. The number of pyridine rings is 1. The summed E-state index contributed by atoms with van der Waals surface area (Å²) < 4.78 is 51.9. The summed E-state index contributed by atoms with van der Waals surface area (Å²) in [5, 5.41) is 7.44. The van der Waals surface area contributed by atoms with Gasteiger partial charge in [0, 0.05) is 36.0 Å². The van der Waals surface area contributed by atoms with Gasteiger partial charge in [0.05, 0.1) is 11.3 Å². The maximum Gasteiger partial charge on any atom is 0.416 e. The van der Waals surface area contributed by atoms with Gasteiger partial charge in [0.2, 0.25) is 0 Å². The lowest BCUT2D eigenvalue weighted by Gasteiger charge is -2.18. The number of carbonyl (C=O) groups is 2. The molecule has 1 heterocycles. The van der Waals surface area contributed by atoms with Gasteiger partial charge in [0.25, 0.3) is 5.91 Å². The molecule has 0 aliphatic rings. The molecule has 1 aromatic heterocycles. The predicted molar refractivity (Wildman–Crippen MR) is 141 cm³/mol. The zero-order chi connectivity index (χ0) is 27.0. The molecule has 3 aromatic rings. The van der Waals surface area contributed by atoms with E-state index in [1.54, 1.807) is 30.3 Å². The van der Waals surface area contributed by atoms with Crippen LogP contribution >= 0.6 is 22.6 Å². The fraction of sp³-hybridized carbons (Fsp3) is 0.208. The normalized spacial score (nSPS) is 11.0. The molecule has 0 radical (unpaired) electrons. The number of hydrogen-bond acceptors (Lipinski definition) is 6.